The summed E-state index contributed by atoms with van der Waals surface area (Å²) in [6, 6.07) is 11.8. The summed E-state index contributed by atoms with van der Waals surface area (Å²) in [4.78, 5) is 0. The number of ether oxygens (including phenoxy) is 3. The molecule has 0 saturated carbocycles. The standard InChI is InChI=1S/C22H24ClN3O3S/c1-3-4-9-26-21(15-5-7-19(27-2)8-6-15)24-25-22(26)30-13-17-11-18(23)10-16-12-28-14-29-20(16)17/h5-8,10-11H,3-4,9,12-14H2,1-2H3. The van der Waals surface area contributed by atoms with E-state index >= 15 is 0 Å². The number of halogens is 1. The lowest BCUT2D eigenvalue weighted by Crippen LogP contribution is -2.13. The number of methoxy groups -OCH3 is 1. The number of fused-ring (bicyclic) bond motifs is 1. The van der Waals surface area contributed by atoms with E-state index in [-0.39, 0.29) is 6.79 Å². The Labute approximate surface area is 185 Å². The number of aromatic nitrogens is 3. The molecule has 8 heteroatoms. The van der Waals surface area contributed by atoms with Crippen LogP contribution in [0, 0.1) is 0 Å². The lowest BCUT2D eigenvalue weighted by Gasteiger charge is -2.21. The molecule has 1 aliphatic rings. The van der Waals surface area contributed by atoms with Crippen LogP contribution in [0.2, 0.25) is 5.02 Å². The zero-order valence-corrected chi connectivity index (χ0v) is 18.6. The van der Waals surface area contributed by atoms with Crippen LogP contribution in [-0.2, 0) is 23.6 Å². The van der Waals surface area contributed by atoms with Crippen LogP contribution >= 0.6 is 23.4 Å². The number of nitrogens with zero attached hydrogens (tertiary/aromatic N) is 3. The van der Waals surface area contributed by atoms with Crippen LogP contribution in [-0.4, -0.2) is 28.7 Å². The smallest absolute Gasteiger partial charge is 0.191 e. The number of benzene rings is 2. The lowest BCUT2D eigenvalue weighted by molar-refractivity contribution is -0.0168. The van der Waals surface area contributed by atoms with Gasteiger partial charge in [-0.05, 0) is 42.8 Å². The Morgan fingerprint density at radius 1 is 1.20 bits per heavy atom. The van der Waals surface area contributed by atoms with Gasteiger partial charge in [0.1, 0.15) is 11.5 Å². The van der Waals surface area contributed by atoms with Crippen molar-refractivity contribution < 1.29 is 14.2 Å². The molecule has 1 aliphatic heterocycles. The highest BCUT2D eigenvalue weighted by molar-refractivity contribution is 7.98. The van der Waals surface area contributed by atoms with E-state index in [2.05, 4.69) is 21.7 Å². The molecule has 30 heavy (non-hydrogen) atoms. The maximum absolute atomic E-state index is 6.31. The number of hydrogen-bond donors (Lipinski definition) is 0. The highest BCUT2D eigenvalue weighted by Crippen LogP contribution is 2.36. The third-order valence-electron chi connectivity index (χ3n) is 4.91. The average molecular weight is 446 g/mol. The number of unbranched alkanes of at least 4 members (excludes halogenated alkanes) is 1. The van der Waals surface area contributed by atoms with Crippen LogP contribution in [0.15, 0.2) is 41.6 Å². The topological polar surface area (TPSA) is 58.4 Å². The molecule has 1 aromatic heterocycles. The van der Waals surface area contributed by atoms with Gasteiger partial charge in [-0.1, -0.05) is 36.7 Å². The second-order valence-electron chi connectivity index (χ2n) is 6.99. The van der Waals surface area contributed by atoms with Gasteiger partial charge in [0.05, 0.1) is 13.7 Å². The Kier molecular flexibility index (Phi) is 6.82. The molecule has 0 N–H and O–H groups in total. The van der Waals surface area contributed by atoms with Crippen molar-refractivity contribution in [1.82, 2.24) is 14.8 Å². The van der Waals surface area contributed by atoms with Crippen LogP contribution in [0.4, 0.5) is 0 Å². The van der Waals surface area contributed by atoms with E-state index in [1.54, 1.807) is 18.9 Å². The van der Waals surface area contributed by atoms with Crippen molar-refractivity contribution in [2.75, 3.05) is 13.9 Å². The van der Waals surface area contributed by atoms with Crippen molar-refractivity contribution in [3.8, 4) is 22.9 Å². The van der Waals surface area contributed by atoms with Gasteiger partial charge in [0, 0.05) is 34.0 Å². The normalized spacial score (nSPS) is 13.0. The molecule has 0 atom stereocenters. The molecule has 0 spiro atoms. The molecule has 2 aromatic carbocycles. The fraction of sp³-hybridized carbons (Fsp3) is 0.364. The quantitative estimate of drug-likeness (QED) is 0.423. The third-order valence-corrected chi connectivity index (χ3v) is 6.14. The van der Waals surface area contributed by atoms with Crippen LogP contribution in [0.5, 0.6) is 11.5 Å². The zero-order chi connectivity index (χ0) is 20.9. The fourth-order valence-electron chi connectivity index (χ4n) is 3.37. The third kappa shape index (κ3) is 4.58. The first kappa shape index (κ1) is 21.0. The molecule has 0 fully saturated rings. The van der Waals surface area contributed by atoms with Crippen molar-refractivity contribution in [3.05, 3.63) is 52.5 Å². The molecular formula is C22H24ClN3O3S. The highest BCUT2D eigenvalue weighted by atomic mass is 35.5. The van der Waals surface area contributed by atoms with Gasteiger partial charge in [0.25, 0.3) is 0 Å². The van der Waals surface area contributed by atoms with E-state index in [4.69, 9.17) is 25.8 Å². The molecule has 4 rings (SSSR count). The van der Waals surface area contributed by atoms with E-state index in [0.29, 0.717) is 17.4 Å². The summed E-state index contributed by atoms with van der Waals surface area (Å²) in [6.45, 7) is 3.83. The average Bonchev–Trinajstić information content (AvgIpc) is 3.18. The minimum atomic E-state index is 0.264. The fourth-order valence-corrected chi connectivity index (χ4v) is 4.57. The van der Waals surface area contributed by atoms with Gasteiger partial charge in [-0.2, -0.15) is 0 Å². The molecule has 3 aromatic rings. The SMILES string of the molecule is CCCCn1c(SCc2cc(Cl)cc3c2OCOC3)nnc1-c1ccc(OC)cc1. The monoisotopic (exact) mass is 445 g/mol. The first-order valence-corrected chi connectivity index (χ1v) is 11.3. The van der Waals surface area contributed by atoms with Crippen molar-refractivity contribution >= 4 is 23.4 Å². The molecule has 158 valence electrons. The Morgan fingerprint density at radius 2 is 2.03 bits per heavy atom. The number of rotatable bonds is 8. The van der Waals surface area contributed by atoms with Gasteiger partial charge in [0.2, 0.25) is 0 Å². The highest BCUT2D eigenvalue weighted by Gasteiger charge is 2.19. The summed E-state index contributed by atoms with van der Waals surface area (Å²) < 4.78 is 18.6. The van der Waals surface area contributed by atoms with Crippen molar-refractivity contribution in [2.45, 2.75) is 43.8 Å². The first-order valence-electron chi connectivity index (χ1n) is 9.92. The maximum Gasteiger partial charge on any atom is 0.191 e. The largest absolute Gasteiger partial charge is 0.497 e. The predicted octanol–water partition coefficient (Wildman–Crippen LogP) is 5.57. The van der Waals surface area contributed by atoms with Crippen LogP contribution in [0.1, 0.15) is 30.9 Å². The minimum Gasteiger partial charge on any atom is -0.497 e. The van der Waals surface area contributed by atoms with Gasteiger partial charge in [-0.15, -0.1) is 10.2 Å². The summed E-state index contributed by atoms with van der Waals surface area (Å²) in [5, 5.41) is 10.5. The van der Waals surface area contributed by atoms with Crippen LogP contribution < -0.4 is 9.47 Å². The van der Waals surface area contributed by atoms with E-state index in [0.717, 1.165) is 58.6 Å². The molecule has 0 unspecified atom stereocenters. The van der Waals surface area contributed by atoms with Gasteiger partial charge in [-0.25, -0.2) is 0 Å². The Balaban J connectivity index is 1.60. The Morgan fingerprint density at radius 3 is 2.80 bits per heavy atom. The molecular weight excluding hydrogens is 422 g/mol. The van der Waals surface area contributed by atoms with Crippen molar-refractivity contribution in [1.29, 1.82) is 0 Å². The summed E-state index contributed by atoms with van der Waals surface area (Å²) in [7, 11) is 1.66. The van der Waals surface area contributed by atoms with Gasteiger partial charge < -0.3 is 18.8 Å². The van der Waals surface area contributed by atoms with Crippen molar-refractivity contribution in [3.63, 3.8) is 0 Å². The van der Waals surface area contributed by atoms with E-state index in [9.17, 15) is 0 Å². The number of thioether (sulfide) groups is 1. The summed E-state index contributed by atoms with van der Waals surface area (Å²) in [5.41, 5.74) is 3.05. The first-order chi connectivity index (χ1) is 14.7. The van der Waals surface area contributed by atoms with Gasteiger partial charge in [-0.3, -0.25) is 0 Å². The second-order valence-corrected chi connectivity index (χ2v) is 8.37. The van der Waals surface area contributed by atoms with E-state index in [1.807, 2.05) is 36.4 Å². The molecule has 0 aliphatic carbocycles. The summed E-state index contributed by atoms with van der Waals surface area (Å²) in [5.74, 6) is 3.25. The summed E-state index contributed by atoms with van der Waals surface area (Å²) in [6.07, 6.45) is 2.15. The zero-order valence-electron chi connectivity index (χ0n) is 17.1. The molecule has 2 heterocycles. The molecule has 0 saturated heterocycles. The maximum atomic E-state index is 6.31. The van der Waals surface area contributed by atoms with Gasteiger partial charge in [0.15, 0.2) is 17.8 Å². The van der Waals surface area contributed by atoms with Crippen molar-refractivity contribution in [2.24, 2.45) is 0 Å². The summed E-state index contributed by atoms with van der Waals surface area (Å²) >= 11 is 7.95. The van der Waals surface area contributed by atoms with Crippen LogP contribution in [0.25, 0.3) is 11.4 Å². The van der Waals surface area contributed by atoms with E-state index < -0.39 is 0 Å². The van der Waals surface area contributed by atoms with Crippen LogP contribution in [0.3, 0.4) is 0 Å². The molecule has 0 bridgehead atoms. The predicted molar refractivity (Wildman–Crippen MR) is 118 cm³/mol. The molecule has 6 nitrogen and oxygen atoms in total. The van der Waals surface area contributed by atoms with Gasteiger partial charge >= 0.3 is 0 Å². The lowest BCUT2D eigenvalue weighted by atomic mass is 10.1. The second kappa shape index (κ2) is 9.73. The minimum absolute atomic E-state index is 0.264. The Hall–Kier alpha value is -2.22. The molecule has 0 amide bonds. The van der Waals surface area contributed by atoms with E-state index in [1.165, 1.54) is 0 Å². The molecule has 0 radical (unpaired) electrons. The Bertz CT molecular complexity index is 1010. The number of hydrogen-bond acceptors (Lipinski definition) is 6.